The number of benzene rings is 2. The predicted molar refractivity (Wildman–Crippen MR) is 93.7 cm³/mol. The van der Waals surface area contributed by atoms with Gasteiger partial charge in [0.2, 0.25) is 0 Å². The third-order valence-electron chi connectivity index (χ3n) is 4.43. The van der Waals surface area contributed by atoms with E-state index >= 15 is 0 Å². The van der Waals surface area contributed by atoms with Crippen LogP contribution in [0.3, 0.4) is 0 Å². The number of amides is 1. The summed E-state index contributed by atoms with van der Waals surface area (Å²) < 4.78 is 5.42. The van der Waals surface area contributed by atoms with Gasteiger partial charge in [0, 0.05) is 24.6 Å². The number of phenols is 1. The molecule has 2 aromatic rings. The van der Waals surface area contributed by atoms with Crippen molar-refractivity contribution in [2.75, 3.05) is 13.2 Å². The fourth-order valence-electron chi connectivity index (χ4n) is 3.13. The molecule has 130 valence electrons. The van der Waals surface area contributed by atoms with Crippen LogP contribution < -0.4 is 4.74 Å². The van der Waals surface area contributed by atoms with Gasteiger partial charge in [-0.05, 0) is 25.0 Å². The molecule has 1 fully saturated rings. The minimum Gasteiger partial charge on any atom is -0.504 e. The Morgan fingerprint density at radius 2 is 1.80 bits per heavy atom. The lowest BCUT2D eigenvalue weighted by atomic mass is 10.0. The molecule has 0 saturated carbocycles. The van der Waals surface area contributed by atoms with Crippen molar-refractivity contribution in [3.8, 4) is 11.5 Å². The fraction of sp³-hybridized carbons (Fsp3) is 0.300. The van der Waals surface area contributed by atoms with Crippen molar-refractivity contribution >= 4 is 11.7 Å². The van der Waals surface area contributed by atoms with Crippen LogP contribution in [0.1, 0.15) is 29.6 Å². The van der Waals surface area contributed by atoms with Crippen LogP contribution in [0.2, 0.25) is 0 Å². The van der Waals surface area contributed by atoms with E-state index in [9.17, 15) is 14.7 Å². The average Bonchev–Trinajstić information content (AvgIpc) is 3.09. The molecule has 25 heavy (non-hydrogen) atoms. The number of aromatic hydroxyl groups is 1. The molecule has 2 aromatic carbocycles. The molecule has 1 heterocycles. The summed E-state index contributed by atoms with van der Waals surface area (Å²) in [5.41, 5.74) is 0.673. The second-order valence-corrected chi connectivity index (χ2v) is 6.13. The second kappa shape index (κ2) is 7.83. The van der Waals surface area contributed by atoms with Gasteiger partial charge in [-0.15, -0.1) is 0 Å². The van der Waals surface area contributed by atoms with Crippen LogP contribution in [0.4, 0.5) is 0 Å². The lowest BCUT2D eigenvalue weighted by Gasteiger charge is -2.24. The number of para-hydroxylation sites is 2. The smallest absolute Gasteiger partial charge is 0.260 e. The zero-order valence-electron chi connectivity index (χ0n) is 13.9. The molecule has 1 aliphatic rings. The number of rotatable bonds is 6. The van der Waals surface area contributed by atoms with Gasteiger partial charge in [0.05, 0.1) is 0 Å². The number of carbonyl (C=O) groups excluding carboxylic acids is 2. The van der Waals surface area contributed by atoms with E-state index in [1.54, 1.807) is 35.2 Å². The number of likely N-dealkylation sites (tertiary alicyclic amines) is 1. The summed E-state index contributed by atoms with van der Waals surface area (Å²) in [7, 11) is 0. The predicted octanol–water partition coefficient (Wildman–Crippen LogP) is 3.04. The number of phenolic OH excluding ortho intramolecular Hbond substituents is 1. The van der Waals surface area contributed by atoms with Gasteiger partial charge in [0.1, 0.15) is 0 Å². The largest absolute Gasteiger partial charge is 0.504 e. The van der Waals surface area contributed by atoms with Gasteiger partial charge in [0.15, 0.2) is 23.9 Å². The van der Waals surface area contributed by atoms with E-state index in [-0.39, 0.29) is 35.8 Å². The second-order valence-electron chi connectivity index (χ2n) is 6.13. The fourth-order valence-corrected chi connectivity index (χ4v) is 3.13. The molecule has 1 N–H and O–H groups in total. The van der Waals surface area contributed by atoms with Gasteiger partial charge < -0.3 is 14.7 Å². The highest BCUT2D eigenvalue weighted by atomic mass is 16.5. The topological polar surface area (TPSA) is 66.8 Å². The maximum absolute atomic E-state index is 12.5. The molecule has 3 rings (SSSR count). The zero-order chi connectivity index (χ0) is 17.6. The Morgan fingerprint density at radius 1 is 1.08 bits per heavy atom. The first-order valence-corrected chi connectivity index (χ1v) is 8.43. The van der Waals surface area contributed by atoms with Gasteiger partial charge in [0.25, 0.3) is 5.91 Å². The molecule has 0 unspecified atom stereocenters. The number of ether oxygens (including phenoxy) is 1. The molecule has 5 nitrogen and oxygen atoms in total. The monoisotopic (exact) mass is 339 g/mol. The molecular formula is C20H21NO4. The van der Waals surface area contributed by atoms with Crippen molar-refractivity contribution in [2.24, 2.45) is 0 Å². The Labute approximate surface area is 146 Å². The summed E-state index contributed by atoms with van der Waals surface area (Å²) >= 11 is 0. The van der Waals surface area contributed by atoms with Gasteiger partial charge in [-0.3, -0.25) is 9.59 Å². The van der Waals surface area contributed by atoms with Crippen LogP contribution in [0, 0.1) is 0 Å². The number of carbonyl (C=O) groups is 2. The average molecular weight is 339 g/mol. The molecule has 1 aliphatic heterocycles. The Morgan fingerprint density at radius 3 is 2.56 bits per heavy atom. The van der Waals surface area contributed by atoms with Gasteiger partial charge in [-0.2, -0.15) is 0 Å². The van der Waals surface area contributed by atoms with E-state index in [4.69, 9.17) is 4.74 Å². The van der Waals surface area contributed by atoms with Crippen molar-refractivity contribution in [3.63, 3.8) is 0 Å². The van der Waals surface area contributed by atoms with Gasteiger partial charge >= 0.3 is 0 Å². The van der Waals surface area contributed by atoms with E-state index in [1.807, 2.05) is 18.2 Å². The molecule has 0 bridgehead atoms. The molecule has 1 amide bonds. The Hall–Kier alpha value is -2.82. The Kier molecular flexibility index (Phi) is 5.33. The standard InChI is InChI=1S/C20H21NO4/c22-17-10-4-5-11-19(17)25-14-20(24)21-12-6-9-16(21)13-18(23)15-7-2-1-3-8-15/h1-5,7-8,10-11,16,22H,6,9,12-14H2/t16-/m1/s1. The van der Waals surface area contributed by atoms with Crippen molar-refractivity contribution in [2.45, 2.75) is 25.3 Å². The molecular weight excluding hydrogens is 318 g/mol. The summed E-state index contributed by atoms with van der Waals surface area (Å²) in [5, 5.41) is 9.69. The Balaban J connectivity index is 1.58. The van der Waals surface area contributed by atoms with Gasteiger partial charge in [-0.25, -0.2) is 0 Å². The lowest BCUT2D eigenvalue weighted by Crippen LogP contribution is -2.39. The third-order valence-corrected chi connectivity index (χ3v) is 4.43. The van der Waals surface area contributed by atoms with Crippen molar-refractivity contribution < 1.29 is 19.4 Å². The van der Waals surface area contributed by atoms with Crippen LogP contribution in [-0.2, 0) is 4.79 Å². The first-order valence-electron chi connectivity index (χ1n) is 8.43. The highest BCUT2D eigenvalue weighted by molar-refractivity contribution is 5.96. The Bertz CT molecular complexity index is 744. The minimum absolute atomic E-state index is 0.00697. The van der Waals surface area contributed by atoms with Crippen molar-refractivity contribution in [1.29, 1.82) is 0 Å². The molecule has 0 aromatic heterocycles. The number of ketones is 1. The number of nitrogens with zero attached hydrogens (tertiary/aromatic N) is 1. The number of Topliss-reactive ketones (excluding diaryl/α,β-unsaturated/α-hetero) is 1. The number of hydrogen-bond donors (Lipinski definition) is 1. The van der Waals surface area contributed by atoms with Crippen molar-refractivity contribution in [1.82, 2.24) is 4.90 Å². The van der Waals surface area contributed by atoms with Crippen molar-refractivity contribution in [3.05, 3.63) is 60.2 Å². The molecule has 0 radical (unpaired) electrons. The number of hydrogen-bond acceptors (Lipinski definition) is 4. The highest BCUT2D eigenvalue weighted by Gasteiger charge is 2.30. The summed E-state index contributed by atoms with van der Waals surface area (Å²) in [6, 6.07) is 15.6. The third kappa shape index (κ3) is 4.18. The molecule has 5 heteroatoms. The molecule has 0 spiro atoms. The quantitative estimate of drug-likeness (QED) is 0.822. The van der Waals surface area contributed by atoms with Crippen LogP contribution in [0.25, 0.3) is 0 Å². The van der Waals surface area contributed by atoms with Crippen LogP contribution in [0.5, 0.6) is 11.5 Å². The van der Waals surface area contributed by atoms with E-state index in [1.165, 1.54) is 6.07 Å². The van der Waals surface area contributed by atoms with E-state index in [0.29, 0.717) is 18.5 Å². The maximum Gasteiger partial charge on any atom is 0.260 e. The highest BCUT2D eigenvalue weighted by Crippen LogP contribution is 2.26. The van der Waals surface area contributed by atoms with Crippen LogP contribution >= 0.6 is 0 Å². The maximum atomic E-state index is 12.5. The van der Waals surface area contributed by atoms with E-state index in [2.05, 4.69) is 0 Å². The first-order chi connectivity index (χ1) is 12.1. The summed E-state index contributed by atoms with van der Waals surface area (Å²) in [5.74, 6) is 0.179. The SMILES string of the molecule is O=C(C[C@H]1CCCN1C(=O)COc1ccccc1O)c1ccccc1. The summed E-state index contributed by atoms with van der Waals surface area (Å²) in [6.07, 6.45) is 2.03. The summed E-state index contributed by atoms with van der Waals surface area (Å²) in [4.78, 5) is 26.6. The van der Waals surface area contributed by atoms with E-state index in [0.717, 1.165) is 12.8 Å². The van der Waals surface area contributed by atoms with Gasteiger partial charge in [-0.1, -0.05) is 42.5 Å². The molecule has 0 aliphatic carbocycles. The lowest BCUT2D eigenvalue weighted by molar-refractivity contribution is -0.134. The zero-order valence-corrected chi connectivity index (χ0v) is 13.9. The van der Waals surface area contributed by atoms with E-state index < -0.39 is 0 Å². The molecule has 1 atom stereocenters. The first kappa shape index (κ1) is 17.0. The van der Waals surface area contributed by atoms with Crippen LogP contribution in [0.15, 0.2) is 54.6 Å². The summed E-state index contributed by atoms with van der Waals surface area (Å²) in [6.45, 7) is 0.489. The normalized spacial score (nSPS) is 16.6. The van der Waals surface area contributed by atoms with Crippen LogP contribution in [-0.4, -0.2) is 40.9 Å². The molecule has 1 saturated heterocycles. The minimum atomic E-state index is -0.161.